The van der Waals surface area contributed by atoms with Crippen molar-refractivity contribution in [2.24, 2.45) is 5.73 Å². The molecule has 0 amide bonds. The molecular weight excluding hydrogens is 222 g/mol. The van der Waals surface area contributed by atoms with Gasteiger partial charge >= 0.3 is 0 Å². The van der Waals surface area contributed by atoms with E-state index in [1.54, 1.807) is 0 Å². The number of halogens is 1. The Bertz CT molecular complexity index is 419. The van der Waals surface area contributed by atoms with Crippen molar-refractivity contribution in [3.05, 3.63) is 27.8 Å². The first-order chi connectivity index (χ1) is 7.52. The van der Waals surface area contributed by atoms with Crippen LogP contribution >= 0.6 is 11.6 Å². The van der Waals surface area contributed by atoms with Gasteiger partial charge in [-0.1, -0.05) is 24.1 Å². The smallest absolute Gasteiger partial charge is 0.138 e. The molecule has 0 aromatic heterocycles. The number of rotatable bonds is 2. The fourth-order valence-corrected chi connectivity index (χ4v) is 2.70. The molecule has 0 saturated heterocycles. The second-order valence-electron chi connectivity index (χ2n) is 4.87. The highest BCUT2D eigenvalue weighted by molar-refractivity contribution is 6.33. The fourth-order valence-electron chi connectivity index (χ4n) is 2.45. The molecule has 1 fully saturated rings. The summed E-state index contributed by atoms with van der Waals surface area (Å²) in [6, 6.07) is 2.04. The maximum atomic E-state index is 10.1. The van der Waals surface area contributed by atoms with Crippen molar-refractivity contribution in [3.63, 3.8) is 0 Å². The van der Waals surface area contributed by atoms with E-state index in [0.29, 0.717) is 11.6 Å². The second-order valence-corrected chi connectivity index (χ2v) is 5.24. The zero-order valence-corrected chi connectivity index (χ0v) is 10.6. The number of hydrogen-bond donors (Lipinski definition) is 2. The second kappa shape index (κ2) is 3.94. The molecule has 0 radical (unpaired) electrons. The van der Waals surface area contributed by atoms with Crippen molar-refractivity contribution in [3.8, 4) is 5.75 Å². The van der Waals surface area contributed by atoms with Crippen LogP contribution in [0.5, 0.6) is 5.75 Å². The molecule has 0 bridgehead atoms. The van der Waals surface area contributed by atoms with Crippen molar-refractivity contribution < 1.29 is 5.11 Å². The molecule has 0 spiro atoms. The topological polar surface area (TPSA) is 46.2 Å². The van der Waals surface area contributed by atoms with Crippen molar-refractivity contribution in [2.45, 2.75) is 38.5 Å². The SMILES string of the molecule is Cc1cc(C2(CN)CCC2)c(O)c(Cl)c1C. The van der Waals surface area contributed by atoms with E-state index in [-0.39, 0.29) is 11.2 Å². The van der Waals surface area contributed by atoms with Crippen molar-refractivity contribution in [1.82, 2.24) is 0 Å². The summed E-state index contributed by atoms with van der Waals surface area (Å²) in [7, 11) is 0. The third-order valence-electron chi connectivity index (χ3n) is 4.02. The van der Waals surface area contributed by atoms with Crippen LogP contribution in [0.1, 0.15) is 36.0 Å². The van der Waals surface area contributed by atoms with E-state index in [4.69, 9.17) is 17.3 Å². The van der Waals surface area contributed by atoms with E-state index >= 15 is 0 Å². The van der Waals surface area contributed by atoms with Gasteiger partial charge in [0.05, 0.1) is 5.02 Å². The molecule has 1 saturated carbocycles. The number of benzene rings is 1. The molecule has 88 valence electrons. The largest absolute Gasteiger partial charge is 0.506 e. The fraction of sp³-hybridized carbons (Fsp3) is 0.538. The minimum Gasteiger partial charge on any atom is -0.506 e. The minimum atomic E-state index is -0.0355. The first-order valence-corrected chi connectivity index (χ1v) is 6.09. The maximum absolute atomic E-state index is 10.1. The summed E-state index contributed by atoms with van der Waals surface area (Å²) in [5, 5.41) is 10.6. The summed E-state index contributed by atoms with van der Waals surface area (Å²) in [5.74, 6) is 0.231. The van der Waals surface area contributed by atoms with Crippen LogP contribution in [0.4, 0.5) is 0 Å². The summed E-state index contributed by atoms with van der Waals surface area (Å²) >= 11 is 6.14. The monoisotopic (exact) mass is 239 g/mol. The Morgan fingerprint density at radius 3 is 2.50 bits per heavy atom. The van der Waals surface area contributed by atoms with Crippen LogP contribution in [0.3, 0.4) is 0 Å². The zero-order chi connectivity index (χ0) is 11.9. The summed E-state index contributed by atoms with van der Waals surface area (Å²) in [5.41, 5.74) is 8.83. The Hall–Kier alpha value is -0.730. The summed E-state index contributed by atoms with van der Waals surface area (Å²) in [4.78, 5) is 0. The molecule has 3 heteroatoms. The highest BCUT2D eigenvalue weighted by Crippen LogP contribution is 2.49. The van der Waals surface area contributed by atoms with Gasteiger partial charge in [-0.2, -0.15) is 0 Å². The molecule has 16 heavy (non-hydrogen) atoms. The molecule has 1 aliphatic carbocycles. The van der Waals surface area contributed by atoms with E-state index in [0.717, 1.165) is 29.5 Å². The Kier molecular flexibility index (Phi) is 2.89. The molecular formula is C13H18ClNO. The van der Waals surface area contributed by atoms with E-state index in [1.807, 2.05) is 19.9 Å². The van der Waals surface area contributed by atoms with Gasteiger partial charge in [0, 0.05) is 17.5 Å². The number of phenols is 1. The summed E-state index contributed by atoms with van der Waals surface area (Å²) in [6.45, 7) is 4.53. The van der Waals surface area contributed by atoms with E-state index < -0.39 is 0 Å². The van der Waals surface area contributed by atoms with Gasteiger partial charge in [0.15, 0.2) is 0 Å². The van der Waals surface area contributed by atoms with Crippen LogP contribution in [0.25, 0.3) is 0 Å². The molecule has 0 heterocycles. The van der Waals surface area contributed by atoms with Gasteiger partial charge in [0.2, 0.25) is 0 Å². The third kappa shape index (κ3) is 1.52. The van der Waals surface area contributed by atoms with E-state index in [2.05, 4.69) is 0 Å². The molecule has 1 aromatic carbocycles. The highest BCUT2D eigenvalue weighted by Gasteiger charge is 2.40. The van der Waals surface area contributed by atoms with Crippen molar-refractivity contribution >= 4 is 11.6 Å². The molecule has 2 nitrogen and oxygen atoms in total. The first-order valence-electron chi connectivity index (χ1n) is 5.71. The van der Waals surface area contributed by atoms with Crippen LogP contribution in [0, 0.1) is 13.8 Å². The van der Waals surface area contributed by atoms with E-state index in [9.17, 15) is 5.11 Å². The standard InChI is InChI=1S/C13H18ClNO/c1-8-6-10(12(16)11(14)9(8)2)13(7-15)4-3-5-13/h6,16H,3-5,7,15H2,1-2H3. The number of phenolic OH excluding ortho intramolecular Hbond substituents is 1. The Balaban J connectivity index is 2.57. The van der Waals surface area contributed by atoms with Crippen molar-refractivity contribution in [2.75, 3.05) is 6.54 Å². The van der Waals surface area contributed by atoms with Crippen LogP contribution in [0.2, 0.25) is 5.02 Å². The highest BCUT2D eigenvalue weighted by atomic mass is 35.5. The lowest BCUT2D eigenvalue weighted by atomic mass is 9.64. The minimum absolute atomic E-state index is 0.0355. The lowest BCUT2D eigenvalue weighted by Gasteiger charge is -2.42. The third-order valence-corrected chi connectivity index (χ3v) is 4.48. The summed E-state index contributed by atoms with van der Waals surface area (Å²) in [6.07, 6.45) is 3.28. The van der Waals surface area contributed by atoms with Gasteiger partial charge in [-0.3, -0.25) is 0 Å². The number of aromatic hydroxyl groups is 1. The lowest BCUT2D eigenvalue weighted by Crippen LogP contribution is -2.41. The average molecular weight is 240 g/mol. The van der Waals surface area contributed by atoms with Crippen LogP contribution in [0.15, 0.2) is 6.07 Å². The maximum Gasteiger partial charge on any atom is 0.138 e. The molecule has 1 aliphatic rings. The van der Waals surface area contributed by atoms with Crippen LogP contribution < -0.4 is 5.73 Å². The predicted octanol–water partition coefficient (Wildman–Crippen LogP) is 3.04. The van der Waals surface area contributed by atoms with Crippen molar-refractivity contribution in [1.29, 1.82) is 0 Å². The lowest BCUT2D eigenvalue weighted by molar-refractivity contribution is 0.245. The summed E-state index contributed by atoms with van der Waals surface area (Å²) < 4.78 is 0. The molecule has 3 N–H and O–H groups in total. The quantitative estimate of drug-likeness (QED) is 0.833. The van der Waals surface area contributed by atoms with Gasteiger partial charge in [0.25, 0.3) is 0 Å². The van der Waals surface area contributed by atoms with E-state index in [1.165, 1.54) is 6.42 Å². The molecule has 0 unspecified atom stereocenters. The van der Waals surface area contributed by atoms with Crippen LogP contribution in [-0.2, 0) is 5.41 Å². The molecule has 0 aliphatic heterocycles. The number of aryl methyl sites for hydroxylation is 1. The Morgan fingerprint density at radius 2 is 2.06 bits per heavy atom. The zero-order valence-electron chi connectivity index (χ0n) is 9.81. The number of nitrogens with two attached hydrogens (primary N) is 1. The molecule has 2 rings (SSSR count). The number of hydrogen-bond acceptors (Lipinski definition) is 2. The van der Waals surface area contributed by atoms with Gasteiger partial charge in [-0.05, 0) is 37.8 Å². The van der Waals surface area contributed by atoms with Gasteiger partial charge < -0.3 is 10.8 Å². The average Bonchev–Trinajstić information content (AvgIpc) is 2.21. The van der Waals surface area contributed by atoms with Gasteiger partial charge in [0.1, 0.15) is 5.75 Å². The van der Waals surface area contributed by atoms with Crippen LogP contribution in [-0.4, -0.2) is 11.7 Å². The Labute approximate surface area is 101 Å². The molecule has 1 aromatic rings. The first kappa shape index (κ1) is 11.7. The normalized spacial score (nSPS) is 18.2. The predicted molar refractivity (Wildman–Crippen MR) is 67.2 cm³/mol. The van der Waals surface area contributed by atoms with Gasteiger partial charge in [-0.15, -0.1) is 0 Å². The Morgan fingerprint density at radius 1 is 1.44 bits per heavy atom. The molecule has 0 atom stereocenters. The van der Waals surface area contributed by atoms with Gasteiger partial charge in [-0.25, -0.2) is 0 Å².